The smallest absolute Gasteiger partial charge is 0.191 e. The predicted molar refractivity (Wildman–Crippen MR) is 117 cm³/mol. The van der Waals surface area contributed by atoms with Gasteiger partial charge in [0.25, 0.3) is 0 Å². The average Bonchev–Trinajstić information content (AvgIpc) is 3.33. The first-order valence-electron chi connectivity index (χ1n) is 8.54. The summed E-state index contributed by atoms with van der Waals surface area (Å²) in [6.45, 7) is 3.71. The van der Waals surface area contributed by atoms with Crippen LogP contribution in [0.5, 0.6) is 0 Å². The normalized spacial score (nSPS) is 19.5. The van der Waals surface area contributed by atoms with E-state index in [1.807, 2.05) is 19.2 Å². The summed E-state index contributed by atoms with van der Waals surface area (Å²) < 4.78 is 5.08. The maximum Gasteiger partial charge on any atom is 0.191 e. The summed E-state index contributed by atoms with van der Waals surface area (Å²) in [5, 5.41) is 7.68. The second-order valence-corrected chi connectivity index (χ2v) is 6.73. The molecule has 2 atom stereocenters. The van der Waals surface area contributed by atoms with E-state index in [1.165, 1.54) is 5.56 Å². The summed E-state index contributed by atoms with van der Waals surface area (Å²) in [5.74, 6) is 1.40. The molecule has 1 aromatic carbocycles. The minimum atomic E-state index is 0. The number of rotatable bonds is 9. The lowest BCUT2D eigenvalue weighted by atomic mass is 10.1. The Labute approximate surface area is 173 Å². The second kappa shape index (κ2) is 11.9. The number of aliphatic imine (C=N–C) groups is 1. The minimum absolute atomic E-state index is 0. The van der Waals surface area contributed by atoms with E-state index in [0.717, 1.165) is 50.1 Å². The number of guanidine groups is 1. The zero-order valence-electron chi connectivity index (χ0n) is 15.3. The van der Waals surface area contributed by atoms with E-state index >= 15 is 0 Å². The first-order valence-corrected chi connectivity index (χ1v) is 8.92. The quantitative estimate of drug-likeness (QED) is 0.247. The van der Waals surface area contributed by atoms with Crippen LogP contribution in [0.3, 0.4) is 0 Å². The monoisotopic (exact) mass is 480 g/mol. The lowest BCUT2D eigenvalue weighted by Gasteiger charge is -2.18. The van der Waals surface area contributed by atoms with Gasteiger partial charge in [-0.05, 0) is 37.6 Å². The number of ether oxygens (including phenoxy) is 1. The molecule has 7 heteroatoms. The fourth-order valence-corrected chi connectivity index (χ4v) is 2.98. The Morgan fingerprint density at radius 1 is 1.40 bits per heavy atom. The van der Waals surface area contributed by atoms with Crippen LogP contribution in [-0.2, 0) is 4.74 Å². The van der Waals surface area contributed by atoms with Crippen molar-refractivity contribution >= 4 is 41.5 Å². The Kier molecular flexibility index (Phi) is 10.7. The van der Waals surface area contributed by atoms with Gasteiger partial charge >= 0.3 is 0 Å². The number of methoxy groups -OCH3 is 1. The Hall–Kier alpha value is -0.570. The second-order valence-electron chi connectivity index (χ2n) is 6.30. The van der Waals surface area contributed by atoms with Crippen LogP contribution in [0, 0.1) is 0 Å². The van der Waals surface area contributed by atoms with E-state index in [4.69, 9.17) is 16.3 Å². The van der Waals surface area contributed by atoms with Crippen LogP contribution in [0.2, 0.25) is 5.02 Å². The number of hydrogen-bond acceptors (Lipinski definition) is 3. The van der Waals surface area contributed by atoms with Crippen molar-refractivity contribution in [2.45, 2.75) is 24.8 Å². The summed E-state index contributed by atoms with van der Waals surface area (Å²) in [4.78, 5) is 6.61. The Bertz CT molecular complexity index is 544. The number of halogens is 2. The molecule has 0 saturated heterocycles. The minimum Gasteiger partial charge on any atom is -0.385 e. The molecule has 0 bridgehead atoms. The van der Waals surface area contributed by atoms with E-state index in [0.29, 0.717) is 12.0 Å². The van der Waals surface area contributed by atoms with E-state index in [1.54, 1.807) is 7.11 Å². The topological polar surface area (TPSA) is 48.9 Å². The highest BCUT2D eigenvalue weighted by Gasteiger charge is 2.39. The molecule has 1 aromatic rings. The fourth-order valence-electron chi connectivity index (χ4n) is 2.79. The molecule has 0 aliphatic heterocycles. The van der Waals surface area contributed by atoms with Gasteiger partial charge in [0, 0.05) is 57.4 Å². The maximum absolute atomic E-state index is 6.07. The third kappa shape index (κ3) is 8.11. The molecule has 25 heavy (non-hydrogen) atoms. The van der Waals surface area contributed by atoms with Crippen LogP contribution in [0.25, 0.3) is 0 Å². The summed E-state index contributed by atoms with van der Waals surface area (Å²) in [7, 11) is 5.68. The van der Waals surface area contributed by atoms with Gasteiger partial charge in [-0.3, -0.25) is 4.99 Å². The van der Waals surface area contributed by atoms with Crippen molar-refractivity contribution < 1.29 is 4.74 Å². The lowest BCUT2D eigenvalue weighted by Crippen LogP contribution is -2.42. The molecule has 0 spiro atoms. The van der Waals surface area contributed by atoms with Crippen molar-refractivity contribution in [2.75, 3.05) is 47.4 Å². The Balaban J connectivity index is 0.00000312. The van der Waals surface area contributed by atoms with Crippen molar-refractivity contribution in [3.05, 3.63) is 34.9 Å². The van der Waals surface area contributed by atoms with Crippen LogP contribution in [0.15, 0.2) is 29.3 Å². The number of nitrogens with zero attached hydrogens (tertiary/aromatic N) is 2. The van der Waals surface area contributed by atoms with Gasteiger partial charge in [0.15, 0.2) is 5.96 Å². The summed E-state index contributed by atoms with van der Waals surface area (Å²) in [5.41, 5.74) is 1.30. The zero-order chi connectivity index (χ0) is 17.4. The number of nitrogens with one attached hydrogen (secondary N) is 2. The van der Waals surface area contributed by atoms with Gasteiger partial charge < -0.3 is 20.3 Å². The molecule has 5 nitrogen and oxygen atoms in total. The highest BCUT2D eigenvalue weighted by atomic mass is 127. The maximum atomic E-state index is 6.07. The largest absolute Gasteiger partial charge is 0.385 e. The fraction of sp³-hybridized carbons (Fsp3) is 0.611. The lowest BCUT2D eigenvalue weighted by molar-refractivity contribution is 0.180. The van der Waals surface area contributed by atoms with Crippen molar-refractivity contribution in [2.24, 2.45) is 4.99 Å². The van der Waals surface area contributed by atoms with Gasteiger partial charge in [0.1, 0.15) is 0 Å². The molecule has 0 amide bonds. The number of benzene rings is 1. The molecule has 2 N–H and O–H groups in total. The number of likely N-dealkylation sites (N-methyl/N-ethyl adjacent to an activating group) is 1. The molecule has 1 aliphatic rings. The van der Waals surface area contributed by atoms with Crippen LogP contribution in [0.4, 0.5) is 0 Å². The molecular weight excluding hydrogens is 451 g/mol. The third-order valence-electron chi connectivity index (χ3n) is 4.29. The van der Waals surface area contributed by atoms with Gasteiger partial charge in [-0.2, -0.15) is 0 Å². The SMILES string of the molecule is CN=C(NCCN(C)CCCOC)NC1CC1c1cccc(Cl)c1.I. The molecule has 1 aliphatic carbocycles. The van der Waals surface area contributed by atoms with Gasteiger partial charge in [-0.25, -0.2) is 0 Å². The highest BCUT2D eigenvalue weighted by Crippen LogP contribution is 2.41. The summed E-state index contributed by atoms with van der Waals surface area (Å²) in [6, 6.07) is 8.57. The Morgan fingerprint density at radius 3 is 2.88 bits per heavy atom. The molecular formula is C18H30ClIN4O. The van der Waals surface area contributed by atoms with E-state index in [9.17, 15) is 0 Å². The van der Waals surface area contributed by atoms with E-state index in [-0.39, 0.29) is 24.0 Å². The standard InChI is InChI=1S/C18H29ClN4O.HI/c1-20-18(21-8-10-23(2)9-5-11-24-3)22-17-13-16(17)14-6-4-7-15(19)12-14;/h4,6-7,12,16-17H,5,8-11,13H2,1-3H3,(H2,20,21,22);1H. The van der Waals surface area contributed by atoms with Crippen molar-refractivity contribution in [1.82, 2.24) is 15.5 Å². The van der Waals surface area contributed by atoms with E-state index in [2.05, 4.69) is 39.7 Å². The molecule has 2 rings (SSSR count). The highest BCUT2D eigenvalue weighted by molar-refractivity contribution is 14.0. The molecule has 142 valence electrons. The summed E-state index contributed by atoms with van der Waals surface area (Å²) >= 11 is 6.07. The molecule has 1 saturated carbocycles. The van der Waals surface area contributed by atoms with Gasteiger partial charge in [0.05, 0.1) is 0 Å². The predicted octanol–water partition coefficient (Wildman–Crippen LogP) is 2.95. The van der Waals surface area contributed by atoms with Crippen molar-refractivity contribution in [3.8, 4) is 0 Å². The van der Waals surface area contributed by atoms with Gasteiger partial charge in [-0.15, -0.1) is 24.0 Å². The molecule has 1 fully saturated rings. The molecule has 0 aromatic heterocycles. The first-order chi connectivity index (χ1) is 11.6. The van der Waals surface area contributed by atoms with Crippen molar-refractivity contribution in [1.29, 1.82) is 0 Å². The average molecular weight is 481 g/mol. The van der Waals surface area contributed by atoms with Crippen molar-refractivity contribution in [3.63, 3.8) is 0 Å². The third-order valence-corrected chi connectivity index (χ3v) is 4.52. The molecule has 2 unspecified atom stereocenters. The van der Waals surface area contributed by atoms with Crippen LogP contribution in [0.1, 0.15) is 24.3 Å². The first kappa shape index (κ1) is 22.5. The van der Waals surface area contributed by atoms with Crippen LogP contribution < -0.4 is 10.6 Å². The Morgan fingerprint density at radius 2 is 2.20 bits per heavy atom. The van der Waals surface area contributed by atoms with Crippen LogP contribution in [-0.4, -0.2) is 64.3 Å². The van der Waals surface area contributed by atoms with Crippen LogP contribution >= 0.6 is 35.6 Å². The molecule has 0 radical (unpaired) electrons. The zero-order valence-corrected chi connectivity index (χ0v) is 18.4. The van der Waals surface area contributed by atoms with Gasteiger partial charge in [-0.1, -0.05) is 23.7 Å². The van der Waals surface area contributed by atoms with E-state index < -0.39 is 0 Å². The molecule has 0 heterocycles. The summed E-state index contributed by atoms with van der Waals surface area (Å²) in [6.07, 6.45) is 2.18. The number of hydrogen-bond donors (Lipinski definition) is 2. The van der Waals surface area contributed by atoms with Gasteiger partial charge in [0.2, 0.25) is 0 Å².